The fourth-order valence-electron chi connectivity index (χ4n) is 2.62. The molecule has 9 heteroatoms. The number of anilines is 1. The van der Waals surface area contributed by atoms with Gasteiger partial charge < -0.3 is 10.1 Å². The number of carbonyl (C=O) groups excluding carboxylic acids is 2. The summed E-state index contributed by atoms with van der Waals surface area (Å²) in [5, 5.41) is 6.65. The molecule has 9 nitrogen and oxygen atoms in total. The van der Waals surface area contributed by atoms with Crippen LogP contribution in [0, 0.1) is 0 Å². The third-order valence-electron chi connectivity index (χ3n) is 3.93. The number of carbonyl (C=O) groups is 2. The minimum absolute atomic E-state index is 0.170. The quantitative estimate of drug-likeness (QED) is 0.852. The summed E-state index contributed by atoms with van der Waals surface area (Å²) in [7, 11) is 0. The van der Waals surface area contributed by atoms with Crippen LogP contribution in [0.2, 0.25) is 0 Å². The average Bonchev–Trinajstić information content (AvgIpc) is 3.15. The molecule has 0 radical (unpaired) electrons. The monoisotopic (exact) mass is 345 g/mol. The van der Waals surface area contributed by atoms with Crippen molar-refractivity contribution >= 4 is 17.7 Å². The Hall–Kier alpha value is -3.10. The van der Waals surface area contributed by atoms with E-state index >= 15 is 0 Å². The Morgan fingerprint density at radius 3 is 2.56 bits per heavy atom. The molecule has 1 aromatic carbocycles. The highest BCUT2D eigenvalue weighted by molar-refractivity contribution is 5.89. The second-order valence-electron chi connectivity index (χ2n) is 5.67. The van der Waals surface area contributed by atoms with Crippen LogP contribution >= 0.6 is 0 Å². The number of cyclic esters (lactones) is 1. The maximum Gasteiger partial charge on any atom is 0.414 e. The number of hydrogen-bond acceptors (Lipinski definition) is 5. The summed E-state index contributed by atoms with van der Waals surface area (Å²) in [5.41, 5.74) is 1.11. The Labute approximate surface area is 143 Å². The largest absolute Gasteiger partial charge is 0.442 e. The number of amides is 2. The predicted octanol–water partition coefficient (Wildman–Crippen LogP) is 0.515. The van der Waals surface area contributed by atoms with Crippen LogP contribution < -0.4 is 15.9 Å². The zero-order valence-electron chi connectivity index (χ0n) is 14.0. The minimum atomic E-state index is -0.459. The topological polar surface area (TPSA) is 98.5 Å². The Morgan fingerprint density at radius 2 is 1.96 bits per heavy atom. The maximum atomic E-state index is 12.1. The molecule has 1 fully saturated rings. The van der Waals surface area contributed by atoms with E-state index in [1.54, 1.807) is 24.3 Å². The van der Waals surface area contributed by atoms with Gasteiger partial charge in [-0.25, -0.2) is 18.8 Å². The van der Waals surface area contributed by atoms with Gasteiger partial charge in [0, 0.05) is 19.2 Å². The Morgan fingerprint density at radius 1 is 1.28 bits per heavy atom. The van der Waals surface area contributed by atoms with Gasteiger partial charge >= 0.3 is 11.8 Å². The SMILES string of the molecule is CCn1ncn(-c2ccc(N3C[C@H](CNC(C)=O)OC3=O)cc2)c1=O. The fourth-order valence-corrected chi connectivity index (χ4v) is 2.62. The second-order valence-corrected chi connectivity index (χ2v) is 5.67. The van der Waals surface area contributed by atoms with Crippen molar-refractivity contribution in [3.8, 4) is 5.69 Å². The Bertz CT molecular complexity index is 839. The molecule has 1 aliphatic rings. The van der Waals surface area contributed by atoms with Gasteiger partial charge in [0.15, 0.2) is 0 Å². The average molecular weight is 345 g/mol. The van der Waals surface area contributed by atoms with Gasteiger partial charge in [-0.2, -0.15) is 5.10 Å². The smallest absolute Gasteiger partial charge is 0.414 e. The Kier molecular flexibility index (Phi) is 4.55. The van der Waals surface area contributed by atoms with Crippen molar-refractivity contribution in [3.63, 3.8) is 0 Å². The number of aromatic nitrogens is 3. The first-order valence-corrected chi connectivity index (χ1v) is 7.97. The van der Waals surface area contributed by atoms with Gasteiger partial charge in [-0.1, -0.05) is 0 Å². The Balaban J connectivity index is 1.74. The number of ether oxygens (including phenoxy) is 1. The number of aryl methyl sites for hydroxylation is 1. The molecule has 3 rings (SSSR count). The van der Waals surface area contributed by atoms with Crippen LogP contribution in [0.5, 0.6) is 0 Å². The van der Waals surface area contributed by atoms with Gasteiger partial charge in [0.05, 0.1) is 18.8 Å². The van der Waals surface area contributed by atoms with Crippen molar-refractivity contribution in [1.29, 1.82) is 0 Å². The number of rotatable bonds is 5. The standard InChI is InChI=1S/C16H19N5O4/c1-3-21-15(23)20(10-18-21)13-6-4-12(5-7-13)19-9-14(25-16(19)24)8-17-11(2)22/h4-7,10,14H,3,8-9H2,1-2H3,(H,17,22)/t14-/m0/s1. The van der Waals surface area contributed by atoms with Gasteiger partial charge in [0.25, 0.3) is 0 Å². The van der Waals surface area contributed by atoms with Gasteiger partial charge in [-0.15, -0.1) is 0 Å². The summed E-state index contributed by atoms with van der Waals surface area (Å²) in [5.74, 6) is -0.170. The summed E-state index contributed by atoms with van der Waals surface area (Å²) in [6.45, 7) is 4.39. The molecule has 0 unspecified atom stereocenters. The summed E-state index contributed by atoms with van der Waals surface area (Å²) < 4.78 is 8.03. The number of nitrogens with zero attached hydrogens (tertiary/aromatic N) is 4. The van der Waals surface area contributed by atoms with Crippen molar-refractivity contribution in [2.24, 2.45) is 0 Å². The highest BCUT2D eigenvalue weighted by Gasteiger charge is 2.32. The molecule has 2 heterocycles. The predicted molar refractivity (Wildman–Crippen MR) is 89.8 cm³/mol. The lowest BCUT2D eigenvalue weighted by Gasteiger charge is -2.13. The molecule has 0 bridgehead atoms. The lowest BCUT2D eigenvalue weighted by atomic mass is 10.2. The summed E-state index contributed by atoms with van der Waals surface area (Å²) in [6, 6.07) is 6.97. The van der Waals surface area contributed by atoms with E-state index in [-0.39, 0.29) is 24.2 Å². The van der Waals surface area contributed by atoms with Crippen molar-refractivity contribution in [1.82, 2.24) is 19.7 Å². The molecule has 0 aliphatic carbocycles. The van der Waals surface area contributed by atoms with Gasteiger partial charge in [0.1, 0.15) is 12.4 Å². The van der Waals surface area contributed by atoms with E-state index in [0.29, 0.717) is 24.5 Å². The number of hydrogen-bond donors (Lipinski definition) is 1. The molecule has 2 amide bonds. The molecule has 1 aliphatic heterocycles. The normalized spacial score (nSPS) is 16.8. The molecule has 1 aromatic heterocycles. The molecule has 0 saturated carbocycles. The molecule has 0 spiro atoms. The van der Waals surface area contributed by atoms with Gasteiger partial charge in [0.2, 0.25) is 5.91 Å². The molecular formula is C16H19N5O4. The van der Waals surface area contributed by atoms with Crippen LogP contribution in [0.1, 0.15) is 13.8 Å². The highest BCUT2D eigenvalue weighted by Crippen LogP contribution is 2.22. The van der Waals surface area contributed by atoms with Crippen molar-refractivity contribution in [2.75, 3.05) is 18.0 Å². The van der Waals surface area contributed by atoms with Gasteiger partial charge in [-0.3, -0.25) is 9.69 Å². The van der Waals surface area contributed by atoms with E-state index < -0.39 is 6.09 Å². The van der Waals surface area contributed by atoms with Crippen molar-refractivity contribution in [3.05, 3.63) is 41.1 Å². The summed E-state index contributed by atoms with van der Waals surface area (Å²) in [6.07, 6.45) is 0.620. The molecule has 132 valence electrons. The van der Waals surface area contributed by atoms with E-state index in [2.05, 4.69) is 10.4 Å². The highest BCUT2D eigenvalue weighted by atomic mass is 16.6. The number of nitrogens with one attached hydrogen (secondary N) is 1. The molecule has 1 N–H and O–H groups in total. The van der Waals surface area contributed by atoms with E-state index in [1.165, 1.54) is 27.4 Å². The molecule has 1 saturated heterocycles. The molecule has 2 aromatic rings. The maximum absolute atomic E-state index is 12.1. The molecule has 25 heavy (non-hydrogen) atoms. The second kappa shape index (κ2) is 6.80. The van der Waals surface area contributed by atoms with Crippen molar-refractivity contribution < 1.29 is 14.3 Å². The van der Waals surface area contributed by atoms with Crippen LogP contribution in [0.3, 0.4) is 0 Å². The van der Waals surface area contributed by atoms with Crippen LogP contribution in [-0.4, -0.2) is 45.5 Å². The van der Waals surface area contributed by atoms with Crippen LogP contribution in [0.15, 0.2) is 35.4 Å². The number of benzene rings is 1. The van der Waals surface area contributed by atoms with Crippen LogP contribution in [-0.2, 0) is 16.1 Å². The fraction of sp³-hybridized carbons (Fsp3) is 0.375. The van der Waals surface area contributed by atoms with Crippen molar-refractivity contribution in [2.45, 2.75) is 26.5 Å². The summed E-state index contributed by atoms with van der Waals surface area (Å²) >= 11 is 0. The van der Waals surface area contributed by atoms with Crippen LogP contribution in [0.4, 0.5) is 10.5 Å². The first-order chi connectivity index (χ1) is 12.0. The van der Waals surface area contributed by atoms with E-state index in [9.17, 15) is 14.4 Å². The minimum Gasteiger partial charge on any atom is -0.442 e. The lowest BCUT2D eigenvalue weighted by molar-refractivity contribution is -0.119. The van der Waals surface area contributed by atoms with E-state index in [4.69, 9.17) is 4.74 Å². The first-order valence-electron chi connectivity index (χ1n) is 7.97. The van der Waals surface area contributed by atoms with Gasteiger partial charge in [-0.05, 0) is 31.2 Å². The zero-order valence-corrected chi connectivity index (χ0v) is 14.0. The lowest BCUT2D eigenvalue weighted by Crippen LogP contribution is -2.33. The third kappa shape index (κ3) is 3.39. The van der Waals surface area contributed by atoms with E-state index in [1.807, 2.05) is 6.92 Å². The first kappa shape index (κ1) is 16.7. The van der Waals surface area contributed by atoms with E-state index in [0.717, 1.165) is 0 Å². The third-order valence-corrected chi connectivity index (χ3v) is 3.93. The van der Waals surface area contributed by atoms with Crippen LogP contribution in [0.25, 0.3) is 5.69 Å². The zero-order chi connectivity index (χ0) is 18.0. The molecule has 1 atom stereocenters. The summed E-state index contributed by atoms with van der Waals surface area (Å²) in [4.78, 5) is 36.6. The molecular weight excluding hydrogens is 326 g/mol.